The third-order valence-corrected chi connectivity index (χ3v) is 4.86. The lowest BCUT2D eigenvalue weighted by molar-refractivity contribution is -0.137. The highest BCUT2D eigenvalue weighted by Crippen LogP contribution is 2.30. The standard InChI is InChI=1S/C16H14F4N2O3S/c1-10(22-26(24,25)14-7-5-12(17)6-8-14)15(23)21-13-4-2-3-11(9-13)16(18,19)20/h2-10,22H,1H3,(H,21,23). The molecule has 0 heterocycles. The van der Waals surface area contributed by atoms with Crippen LogP contribution in [0.4, 0.5) is 23.2 Å². The first-order chi connectivity index (χ1) is 12.0. The summed E-state index contributed by atoms with van der Waals surface area (Å²) >= 11 is 0. The van der Waals surface area contributed by atoms with Gasteiger partial charge in [0.25, 0.3) is 0 Å². The first-order valence-electron chi connectivity index (χ1n) is 7.25. The lowest BCUT2D eigenvalue weighted by Crippen LogP contribution is -2.41. The van der Waals surface area contributed by atoms with Gasteiger partial charge in [0.05, 0.1) is 16.5 Å². The minimum atomic E-state index is -4.57. The number of carbonyl (C=O) groups excluding carboxylic acids is 1. The van der Waals surface area contributed by atoms with Crippen molar-refractivity contribution in [1.82, 2.24) is 4.72 Å². The van der Waals surface area contributed by atoms with E-state index in [1.165, 1.54) is 13.0 Å². The van der Waals surface area contributed by atoms with E-state index in [0.717, 1.165) is 42.5 Å². The number of nitrogens with one attached hydrogen (secondary N) is 2. The van der Waals surface area contributed by atoms with Gasteiger partial charge in [0.2, 0.25) is 15.9 Å². The van der Waals surface area contributed by atoms with Crippen molar-refractivity contribution in [3.05, 3.63) is 59.9 Å². The van der Waals surface area contributed by atoms with Crippen LogP contribution in [-0.4, -0.2) is 20.4 Å². The fourth-order valence-electron chi connectivity index (χ4n) is 1.99. The normalized spacial score (nSPS) is 13.3. The first kappa shape index (κ1) is 19.9. The lowest BCUT2D eigenvalue weighted by atomic mass is 10.2. The summed E-state index contributed by atoms with van der Waals surface area (Å²) in [6, 6.07) is 6.60. The molecular formula is C16H14F4N2O3S. The van der Waals surface area contributed by atoms with Gasteiger partial charge < -0.3 is 5.32 Å². The molecule has 0 saturated carbocycles. The Labute approximate surface area is 147 Å². The average molecular weight is 390 g/mol. The molecule has 0 aromatic heterocycles. The second-order valence-corrected chi connectivity index (χ2v) is 7.08. The highest BCUT2D eigenvalue weighted by Gasteiger charge is 2.30. The number of carbonyl (C=O) groups is 1. The van der Waals surface area contributed by atoms with Gasteiger partial charge in [-0.3, -0.25) is 4.79 Å². The van der Waals surface area contributed by atoms with Gasteiger partial charge in [-0.2, -0.15) is 17.9 Å². The first-order valence-corrected chi connectivity index (χ1v) is 8.73. The number of benzene rings is 2. The Morgan fingerprint density at radius 1 is 1.08 bits per heavy atom. The molecule has 0 fully saturated rings. The van der Waals surface area contributed by atoms with E-state index in [1.54, 1.807) is 0 Å². The van der Waals surface area contributed by atoms with E-state index in [0.29, 0.717) is 0 Å². The van der Waals surface area contributed by atoms with E-state index >= 15 is 0 Å². The summed E-state index contributed by atoms with van der Waals surface area (Å²) in [6.07, 6.45) is -4.57. The minimum Gasteiger partial charge on any atom is -0.325 e. The van der Waals surface area contributed by atoms with E-state index in [1.807, 2.05) is 0 Å². The van der Waals surface area contributed by atoms with Crippen LogP contribution in [0.3, 0.4) is 0 Å². The fourth-order valence-corrected chi connectivity index (χ4v) is 3.19. The van der Waals surface area contributed by atoms with E-state index < -0.39 is 39.5 Å². The molecule has 5 nitrogen and oxygen atoms in total. The molecular weight excluding hydrogens is 376 g/mol. The van der Waals surface area contributed by atoms with Crippen molar-refractivity contribution in [3.63, 3.8) is 0 Å². The number of hydrogen-bond donors (Lipinski definition) is 2. The van der Waals surface area contributed by atoms with Gasteiger partial charge in [-0.1, -0.05) is 6.07 Å². The van der Waals surface area contributed by atoms with Crippen molar-refractivity contribution in [2.24, 2.45) is 0 Å². The van der Waals surface area contributed by atoms with Gasteiger partial charge in [-0.25, -0.2) is 12.8 Å². The van der Waals surface area contributed by atoms with Gasteiger partial charge in [-0.05, 0) is 49.4 Å². The number of alkyl halides is 3. The molecule has 140 valence electrons. The molecule has 0 aliphatic carbocycles. The van der Waals surface area contributed by atoms with Gasteiger partial charge >= 0.3 is 6.18 Å². The molecule has 2 rings (SSSR count). The number of hydrogen-bond acceptors (Lipinski definition) is 3. The van der Waals surface area contributed by atoms with Crippen LogP contribution in [0.15, 0.2) is 53.4 Å². The van der Waals surface area contributed by atoms with Gasteiger partial charge in [-0.15, -0.1) is 0 Å². The van der Waals surface area contributed by atoms with E-state index in [2.05, 4.69) is 10.0 Å². The van der Waals surface area contributed by atoms with Crippen LogP contribution in [0.2, 0.25) is 0 Å². The highest BCUT2D eigenvalue weighted by atomic mass is 32.2. The zero-order valence-electron chi connectivity index (χ0n) is 13.3. The van der Waals surface area contributed by atoms with Crippen LogP contribution in [0.1, 0.15) is 12.5 Å². The van der Waals surface area contributed by atoms with Crippen LogP contribution in [-0.2, 0) is 21.0 Å². The van der Waals surface area contributed by atoms with Crippen molar-refractivity contribution in [2.45, 2.75) is 24.0 Å². The number of halogens is 4. The molecule has 2 aromatic carbocycles. The molecule has 26 heavy (non-hydrogen) atoms. The Balaban J connectivity index is 2.09. The fraction of sp³-hybridized carbons (Fsp3) is 0.188. The number of rotatable bonds is 5. The Morgan fingerprint density at radius 2 is 1.69 bits per heavy atom. The Kier molecular flexibility index (Phi) is 5.67. The zero-order valence-corrected chi connectivity index (χ0v) is 14.2. The molecule has 0 aliphatic rings. The van der Waals surface area contributed by atoms with E-state index in [-0.39, 0.29) is 10.6 Å². The van der Waals surface area contributed by atoms with Crippen molar-refractivity contribution in [1.29, 1.82) is 0 Å². The number of sulfonamides is 1. The van der Waals surface area contributed by atoms with Crippen molar-refractivity contribution >= 4 is 21.6 Å². The second-order valence-electron chi connectivity index (χ2n) is 5.36. The lowest BCUT2D eigenvalue weighted by Gasteiger charge is -2.15. The summed E-state index contributed by atoms with van der Waals surface area (Å²) in [6.45, 7) is 1.23. The molecule has 1 atom stereocenters. The average Bonchev–Trinajstić information content (AvgIpc) is 2.54. The third-order valence-electron chi connectivity index (χ3n) is 3.31. The van der Waals surface area contributed by atoms with Crippen LogP contribution in [0.25, 0.3) is 0 Å². The smallest absolute Gasteiger partial charge is 0.325 e. The molecule has 1 unspecified atom stereocenters. The highest BCUT2D eigenvalue weighted by molar-refractivity contribution is 7.89. The minimum absolute atomic E-state index is 0.127. The number of anilines is 1. The SMILES string of the molecule is CC(NS(=O)(=O)c1ccc(F)cc1)C(=O)Nc1cccc(C(F)(F)F)c1. The van der Waals surface area contributed by atoms with E-state index in [4.69, 9.17) is 0 Å². The molecule has 0 saturated heterocycles. The maximum atomic E-state index is 12.9. The topological polar surface area (TPSA) is 75.3 Å². The van der Waals surface area contributed by atoms with Crippen LogP contribution in [0, 0.1) is 5.82 Å². The number of amides is 1. The quantitative estimate of drug-likeness (QED) is 0.771. The maximum absolute atomic E-state index is 12.9. The molecule has 0 bridgehead atoms. The monoisotopic (exact) mass is 390 g/mol. The summed E-state index contributed by atoms with van der Waals surface area (Å²) in [5.74, 6) is -1.48. The molecule has 0 spiro atoms. The van der Waals surface area contributed by atoms with Crippen molar-refractivity contribution in [2.75, 3.05) is 5.32 Å². The third kappa shape index (κ3) is 5.02. The molecule has 0 radical (unpaired) electrons. The Morgan fingerprint density at radius 3 is 2.27 bits per heavy atom. The predicted octanol–water partition coefficient (Wildman–Crippen LogP) is 3.15. The van der Waals surface area contributed by atoms with Crippen LogP contribution >= 0.6 is 0 Å². The van der Waals surface area contributed by atoms with Crippen LogP contribution < -0.4 is 10.0 Å². The largest absolute Gasteiger partial charge is 0.416 e. The maximum Gasteiger partial charge on any atom is 0.416 e. The van der Waals surface area contributed by atoms with Crippen LogP contribution in [0.5, 0.6) is 0 Å². The Bertz CT molecular complexity index is 896. The molecule has 10 heteroatoms. The van der Waals surface area contributed by atoms with Gasteiger partial charge in [0, 0.05) is 5.69 Å². The van der Waals surface area contributed by atoms with Crippen molar-refractivity contribution < 1.29 is 30.8 Å². The summed E-state index contributed by atoms with van der Waals surface area (Å²) in [4.78, 5) is 11.8. The van der Waals surface area contributed by atoms with E-state index in [9.17, 15) is 30.8 Å². The summed E-state index contributed by atoms with van der Waals surface area (Å²) in [7, 11) is -4.10. The predicted molar refractivity (Wildman–Crippen MR) is 86.3 cm³/mol. The molecule has 2 N–H and O–H groups in total. The zero-order chi connectivity index (χ0) is 19.5. The molecule has 2 aromatic rings. The summed E-state index contributed by atoms with van der Waals surface area (Å²) in [5, 5.41) is 2.21. The molecule has 1 amide bonds. The summed E-state index contributed by atoms with van der Waals surface area (Å²) in [5.41, 5.74) is -1.08. The second kappa shape index (κ2) is 7.42. The van der Waals surface area contributed by atoms with Crippen molar-refractivity contribution in [3.8, 4) is 0 Å². The molecule has 0 aliphatic heterocycles. The van der Waals surface area contributed by atoms with Gasteiger partial charge in [0.1, 0.15) is 5.82 Å². The van der Waals surface area contributed by atoms with Gasteiger partial charge in [0.15, 0.2) is 0 Å². The Hall–Kier alpha value is -2.46. The summed E-state index contributed by atoms with van der Waals surface area (Å²) < 4.78 is 77.2.